The van der Waals surface area contributed by atoms with Crippen molar-refractivity contribution in [3.8, 4) is 0 Å². The molecule has 21 heavy (non-hydrogen) atoms. The molecule has 1 aromatic heterocycles. The molecule has 112 valence electrons. The molecule has 2 aromatic rings. The number of halogens is 2. The number of nitrogens with zero attached hydrogens (tertiary/aromatic N) is 1. The van der Waals surface area contributed by atoms with Crippen LogP contribution < -0.4 is 5.32 Å². The van der Waals surface area contributed by atoms with E-state index in [2.05, 4.69) is 26.2 Å². The Labute approximate surface area is 137 Å². The molecular formula is C14H14BrClN2O2S. The van der Waals surface area contributed by atoms with Crippen molar-refractivity contribution >= 4 is 43.1 Å². The number of anilines is 1. The molecule has 4 nitrogen and oxygen atoms in total. The largest absolute Gasteiger partial charge is 0.377 e. The Kier molecular flexibility index (Phi) is 4.91. The van der Waals surface area contributed by atoms with Gasteiger partial charge in [-0.25, -0.2) is 13.4 Å². The summed E-state index contributed by atoms with van der Waals surface area (Å²) in [6.45, 7) is 1.97. The van der Waals surface area contributed by atoms with Crippen LogP contribution in [-0.4, -0.2) is 19.7 Å². The molecule has 2 rings (SSSR count). The molecule has 0 saturated carbocycles. The van der Waals surface area contributed by atoms with Crippen molar-refractivity contribution in [3.05, 3.63) is 51.6 Å². The Morgan fingerprint density at radius 1 is 1.29 bits per heavy atom. The summed E-state index contributed by atoms with van der Waals surface area (Å²) < 4.78 is 23.6. The quantitative estimate of drug-likeness (QED) is 0.856. The predicted octanol–water partition coefficient (Wildman–Crippen LogP) is 4.07. The van der Waals surface area contributed by atoms with Crippen molar-refractivity contribution in [2.75, 3.05) is 11.6 Å². The molecule has 7 heteroatoms. The maximum Gasteiger partial charge on any atom is 0.192 e. The number of hydrogen-bond donors (Lipinski definition) is 1. The Balaban J connectivity index is 2.18. The summed E-state index contributed by atoms with van der Waals surface area (Å²) in [6, 6.07) is 8.82. The fourth-order valence-electron chi connectivity index (χ4n) is 1.87. The van der Waals surface area contributed by atoms with Crippen molar-refractivity contribution in [3.63, 3.8) is 0 Å². The van der Waals surface area contributed by atoms with Gasteiger partial charge in [0.15, 0.2) is 14.9 Å². The fraction of sp³-hybridized carbons (Fsp3) is 0.214. The van der Waals surface area contributed by atoms with Crippen LogP contribution in [0.5, 0.6) is 0 Å². The van der Waals surface area contributed by atoms with Crippen molar-refractivity contribution < 1.29 is 8.42 Å². The van der Waals surface area contributed by atoms with Gasteiger partial charge in [0.2, 0.25) is 0 Å². The minimum absolute atomic E-state index is 0.0310. The molecule has 1 unspecified atom stereocenters. The molecule has 0 radical (unpaired) electrons. The van der Waals surface area contributed by atoms with Gasteiger partial charge in [0.05, 0.1) is 17.9 Å². The Bertz CT molecular complexity index is 748. The molecule has 1 heterocycles. The predicted molar refractivity (Wildman–Crippen MR) is 88.5 cm³/mol. The van der Waals surface area contributed by atoms with E-state index in [0.717, 1.165) is 22.0 Å². The minimum Gasteiger partial charge on any atom is -0.377 e. The maximum atomic E-state index is 11.4. The molecule has 0 fully saturated rings. The second kappa shape index (κ2) is 6.34. The Hall–Kier alpha value is -1.11. The van der Waals surface area contributed by atoms with Crippen LogP contribution in [0.15, 0.2) is 46.0 Å². The highest BCUT2D eigenvalue weighted by Gasteiger charge is 2.12. The molecular weight excluding hydrogens is 376 g/mol. The first-order chi connectivity index (χ1) is 9.77. The van der Waals surface area contributed by atoms with E-state index in [4.69, 9.17) is 11.6 Å². The van der Waals surface area contributed by atoms with Crippen LogP contribution >= 0.6 is 27.5 Å². The maximum absolute atomic E-state index is 11.4. The summed E-state index contributed by atoms with van der Waals surface area (Å²) in [5.74, 6) is 0. The number of nitrogens with one attached hydrogen (secondary N) is 1. The van der Waals surface area contributed by atoms with E-state index in [0.29, 0.717) is 5.02 Å². The summed E-state index contributed by atoms with van der Waals surface area (Å²) in [5.41, 5.74) is 1.68. The normalized spacial score (nSPS) is 13.0. The molecule has 0 aliphatic heterocycles. The van der Waals surface area contributed by atoms with Crippen molar-refractivity contribution in [1.82, 2.24) is 4.98 Å². The molecule has 0 bridgehead atoms. The summed E-state index contributed by atoms with van der Waals surface area (Å²) >= 11 is 9.58. The second-order valence-electron chi connectivity index (χ2n) is 4.69. The van der Waals surface area contributed by atoms with Crippen LogP contribution in [0.2, 0.25) is 5.02 Å². The lowest BCUT2D eigenvalue weighted by Gasteiger charge is -2.17. The molecule has 1 aromatic carbocycles. The van der Waals surface area contributed by atoms with Gasteiger partial charge in [-0.15, -0.1) is 0 Å². The number of sulfone groups is 1. The average Bonchev–Trinajstić information content (AvgIpc) is 2.38. The molecule has 0 spiro atoms. The van der Waals surface area contributed by atoms with Gasteiger partial charge in [-0.2, -0.15) is 0 Å². The highest BCUT2D eigenvalue weighted by atomic mass is 79.9. The Morgan fingerprint density at radius 2 is 2.00 bits per heavy atom. The van der Waals surface area contributed by atoms with Crippen LogP contribution in [-0.2, 0) is 9.84 Å². The first-order valence-corrected chi connectivity index (χ1v) is 9.21. The molecule has 0 amide bonds. The van der Waals surface area contributed by atoms with Gasteiger partial charge < -0.3 is 5.32 Å². The topological polar surface area (TPSA) is 59.1 Å². The van der Waals surface area contributed by atoms with Gasteiger partial charge in [0, 0.05) is 15.8 Å². The highest BCUT2D eigenvalue weighted by molar-refractivity contribution is 9.10. The molecule has 1 N–H and O–H groups in total. The van der Waals surface area contributed by atoms with E-state index in [1.807, 2.05) is 25.1 Å². The number of benzene rings is 1. The summed E-state index contributed by atoms with van der Waals surface area (Å²) in [4.78, 5) is 3.94. The monoisotopic (exact) mass is 388 g/mol. The standard InChI is InChI=1S/C14H14BrClN2O2S/c1-9(12-5-3-10(15)7-13(12)16)18-11-4-6-14(17-8-11)21(2,19)20/h3-9,18H,1-2H3. The van der Waals surface area contributed by atoms with Gasteiger partial charge in [-0.3, -0.25) is 0 Å². The zero-order valence-electron chi connectivity index (χ0n) is 11.5. The van der Waals surface area contributed by atoms with E-state index < -0.39 is 9.84 Å². The number of pyridine rings is 1. The van der Waals surface area contributed by atoms with Crippen molar-refractivity contribution in [2.24, 2.45) is 0 Å². The SMILES string of the molecule is CC(Nc1ccc(S(C)(=O)=O)nc1)c1ccc(Br)cc1Cl. The molecule has 1 atom stereocenters. The lowest BCUT2D eigenvalue weighted by molar-refractivity contribution is 0.598. The van der Waals surface area contributed by atoms with Crippen LogP contribution in [0.4, 0.5) is 5.69 Å². The molecule has 0 aliphatic rings. The third-order valence-electron chi connectivity index (χ3n) is 2.93. The van der Waals surface area contributed by atoms with Crippen LogP contribution in [0, 0.1) is 0 Å². The first-order valence-electron chi connectivity index (χ1n) is 6.15. The summed E-state index contributed by atoms with van der Waals surface area (Å²) in [5, 5.41) is 3.96. The summed E-state index contributed by atoms with van der Waals surface area (Å²) in [7, 11) is -3.28. The van der Waals surface area contributed by atoms with Gasteiger partial charge in [0.1, 0.15) is 0 Å². The van der Waals surface area contributed by atoms with Gasteiger partial charge in [0.25, 0.3) is 0 Å². The van der Waals surface area contributed by atoms with Gasteiger partial charge >= 0.3 is 0 Å². The number of hydrogen-bond acceptors (Lipinski definition) is 4. The lowest BCUT2D eigenvalue weighted by Crippen LogP contribution is -2.08. The third kappa shape index (κ3) is 4.18. The fourth-order valence-corrected chi connectivity index (χ4v) is 3.26. The average molecular weight is 390 g/mol. The molecule has 0 saturated heterocycles. The van der Waals surface area contributed by atoms with Crippen molar-refractivity contribution in [1.29, 1.82) is 0 Å². The second-order valence-corrected chi connectivity index (χ2v) is 7.97. The smallest absolute Gasteiger partial charge is 0.192 e. The third-order valence-corrected chi connectivity index (χ3v) is 4.75. The van der Waals surface area contributed by atoms with E-state index in [1.54, 1.807) is 6.07 Å². The Morgan fingerprint density at radius 3 is 2.52 bits per heavy atom. The number of rotatable bonds is 4. The van der Waals surface area contributed by atoms with Crippen LogP contribution in [0.3, 0.4) is 0 Å². The minimum atomic E-state index is -3.28. The zero-order chi connectivity index (χ0) is 15.6. The van der Waals surface area contributed by atoms with Gasteiger partial charge in [-0.05, 0) is 36.8 Å². The first kappa shape index (κ1) is 16.3. The lowest BCUT2D eigenvalue weighted by atomic mass is 10.1. The summed E-state index contributed by atoms with van der Waals surface area (Å²) in [6.07, 6.45) is 2.63. The van der Waals surface area contributed by atoms with Gasteiger partial charge in [-0.1, -0.05) is 33.6 Å². The van der Waals surface area contributed by atoms with Crippen LogP contribution in [0.25, 0.3) is 0 Å². The highest BCUT2D eigenvalue weighted by Crippen LogP contribution is 2.28. The van der Waals surface area contributed by atoms with Crippen molar-refractivity contribution in [2.45, 2.75) is 18.0 Å². The van der Waals surface area contributed by atoms with E-state index in [9.17, 15) is 8.42 Å². The van der Waals surface area contributed by atoms with E-state index in [1.165, 1.54) is 12.3 Å². The molecule has 0 aliphatic carbocycles. The van der Waals surface area contributed by atoms with E-state index in [-0.39, 0.29) is 11.1 Å². The van der Waals surface area contributed by atoms with Crippen LogP contribution in [0.1, 0.15) is 18.5 Å². The number of aromatic nitrogens is 1. The van der Waals surface area contributed by atoms with E-state index >= 15 is 0 Å². The zero-order valence-corrected chi connectivity index (χ0v) is 14.6.